The van der Waals surface area contributed by atoms with Gasteiger partial charge in [-0.1, -0.05) is 31.2 Å². The normalized spacial score (nSPS) is 22.9. The van der Waals surface area contributed by atoms with Crippen LogP contribution < -0.4 is 4.74 Å². The van der Waals surface area contributed by atoms with E-state index in [9.17, 15) is 9.90 Å². The van der Waals surface area contributed by atoms with Gasteiger partial charge in [0, 0.05) is 33.7 Å². The van der Waals surface area contributed by atoms with Crippen LogP contribution in [0.4, 0.5) is 0 Å². The predicted octanol–water partition coefficient (Wildman–Crippen LogP) is 3.09. The summed E-state index contributed by atoms with van der Waals surface area (Å²) in [5.74, 6) is 0.150. The lowest BCUT2D eigenvalue weighted by atomic mass is 9.93. The van der Waals surface area contributed by atoms with Crippen LogP contribution in [0.5, 0.6) is 5.75 Å². The average Bonchev–Trinajstić information content (AvgIpc) is 2.71. The number of benzene rings is 1. The summed E-state index contributed by atoms with van der Waals surface area (Å²) in [6.07, 6.45) is 5.71. The van der Waals surface area contributed by atoms with Crippen LogP contribution in [0, 0.1) is 5.92 Å². The van der Waals surface area contributed by atoms with E-state index < -0.39 is 12.1 Å². The molecule has 7 nitrogen and oxygen atoms in total. The monoisotopic (exact) mass is 408 g/mol. The Kier molecular flexibility index (Phi) is 10.1. The summed E-state index contributed by atoms with van der Waals surface area (Å²) in [6.45, 7) is 2.21. The molecule has 2 rings (SSSR count). The van der Waals surface area contributed by atoms with Crippen LogP contribution in [0.3, 0.4) is 0 Å². The molecule has 162 valence electrons. The molecule has 3 atom stereocenters. The first kappa shape index (κ1) is 23.3. The van der Waals surface area contributed by atoms with Crippen molar-refractivity contribution in [2.75, 3.05) is 34.4 Å². The standard InChI is InChI=1S/C22H32O7/c1-16-7-4-5-8-17-9-6-10-19(27-14-25-2)21(17)22(24)29-18(11-12-23)13-20(16)28-15-26-3/h4-6,9-10,16,18,20,23H,7-8,11-15H2,1-3H3/t16-,18-,20+/m1/s1. The van der Waals surface area contributed by atoms with Gasteiger partial charge in [0.25, 0.3) is 0 Å². The molecular weight excluding hydrogens is 376 g/mol. The SMILES string of the molecule is COCOc1cccc2c1C(=O)O[C@H](CCO)C[C@H](OCOC)[C@H](C)CC=CC2. The largest absolute Gasteiger partial charge is 0.467 e. The van der Waals surface area contributed by atoms with Crippen molar-refractivity contribution >= 4 is 5.97 Å². The number of carbonyl (C=O) groups is 1. The number of rotatable bonds is 8. The Bertz CT molecular complexity index is 659. The number of allylic oxidation sites excluding steroid dienone is 2. The van der Waals surface area contributed by atoms with Crippen LogP contribution in [0.1, 0.15) is 42.1 Å². The Morgan fingerprint density at radius 2 is 1.97 bits per heavy atom. The van der Waals surface area contributed by atoms with E-state index in [1.165, 1.54) is 7.11 Å². The third-order valence-corrected chi connectivity index (χ3v) is 4.92. The predicted molar refractivity (Wildman–Crippen MR) is 108 cm³/mol. The van der Waals surface area contributed by atoms with Gasteiger partial charge in [0.1, 0.15) is 24.2 Å². The van der Waals surface area contributed by atoms with E-state index in [4.69, 9.17) is 23.7 Å². The van der Waals surface area contributed by atoms with Crippen LogP contribution in [-0.2, 0) is 25.4 Å². The van der Waals surface area contributed by atoms with Crippen molar-refractivity contribution in [2.24, 2.45) is 5.92 Å². The molecule has 0 saturated carbocycles. The second-order valence-corrected chi connectivity index (χ2v) is 7.12. The molecule has 0 aliphatic carbocycles. The zero-order valence-corrected chi connectivity index (χ0v) is 17.5. The van der Waals surface area contributed by atoms with Crippen molar-refractivity contribution in [3.05, 3.63) is 41.5 Å². The van der Waals surface area contributed by atoms with E-state index in [2.05, 4.69) is 13.0 Å². The number of hydrogen-bond donors (Lipinski definition) is 1. The molecule has 0 saturated heterocycles. The Balaban J connectivity index is 2.35. The smallest absolute Gasteiger partial charge is 0.342 e. The van der Waals surface area contributed by atoms with Crippen LogP contribution in [0.2, 0.25) is 0 Å². The van der Waals surface area contributed by atoms with E-state index in [0.29, 0.717) is 30.6 Å². The zero-order chi connectivity index (χ0) is 21.1. The molecule has 1 heterocycles. The number of fused-ring (bicyclic) bond motifs is 1. The Morgan fingerprint density at radius 3 is 2.69 bits per heavy atom. The molecule has 0 bridgehead atoms. The number of ether oxygens (including phenoxy) is 5. The van der Waals surface area contributed by atoms with E-state index in [1.54, 1.807) is 13.2 Å². The number of aliphatic hydroxyl groups is 1. The lowest BCUT2D eigenvalue weighted by molar-refractivity contribution is -0.104. The first-order valence-electron chi connectivity index (χ1n) is 9.91. The first-order valence-corrected chi connectivity index (χ1v) is 9.91. The highest BCUT2D eigenvalue weighted by Crippen LogP contribution is 2.28. The van der Waals surface area contributed by atoms with Gasteiger partial charge < -0.3 is 28.8 Å². The van der Waals surface area contributed by atoms with Gasteiger partial charge in [0.05, 0.1) is 6.10 Å². The van der Waals surface area contributed by atoms with Crippen molar-refractivity contribution in [3.63, 3.8) is 0 Å². The summed E-state index contributed by atoms with van der Waals surface area (Å²) in [5, 5.41) is 9.48. The van der Waals surface area contributed by atoms with E-state index in [1.807, 2.05) is 18.2 Å². The van der Waals surface area contributed by atoms with Crippen molar-refractivity contribution < 1.29 is 33.6 Å². The molecule has 29 heavy (non-hydrogen) atoms. The van der Waals surface area contributed by atoms with Crippen molar-refractivity contribution in [2.45, 2.75) is 44.8 Å². The topological polar surface area (TPSA) is 83.5 Å². The molecule has 1 aromatic carbocycles. The molecule has 0 aromatic heterocycles. The van der Waals surface area contributed by atoms with E-state index in [-0.39, 0.29) is 32.2 Å². The summed E-state index contributed by atoms with van der Waals surface area (Å²) < 4.78 is 27.3. The minimum Gasteiger partial charge on any atom is -0.467 e. The van der Waals surface area contributed by atoms with Gasteiger partial charge in [-0.05, 0) is 30.4 Å². The lowest BCUT2D eigenvalue weighted by Crippen LogP contribution is -2.31. The zero-order valence-electron chi connectivity index (χ0n) is 17.5. The lowest BCUT2D eigenvalue weighted by Gasteiger charge is -2.28. The third kappa shape index (κ3) is 7.12. The van der Waals surface area contributed by atoms with Crippen LogP contribution >= 0.6 is 0 Å². The fraction of sp³-hybridized carbons (Fsp3) is 0.591. The van der Waals surface area contributed by atoms with Crippen molar-refractivity contribution in [1.29, 1.82) is 0 Å². The summed E-state index contributed by atoms with van der Waals surface area (Å²) >= 11 is 0. The van der Waals surface area contributed by atoms with Gasteiger partial charge >= 0.3 is 5.97 Å². The minimum absolute atomic E-state index is 0.0318. The number of hydrogen-bond acceptors (Lipinski definition) is 7. The molecule has 1 aliphatic rings. The molecular formula is C22H32O7. The van der Waals surface area contributed by atoms with Crippen molar-refractivity contribution in [3.8, 4) is 5.75 Å². The third-order valence-electron chi connectivity index (χ3n) is 4.92. The van der Waals surface area contributed by atoms with Crippen LogP contribution in [0.15, 0.2) is 30.4 Å². The minimum atomic E-state index is -0.483. The maximum absolute atomic E-state index is 13.1. The van der Waals surface area contributed by atoms with E-state index in [0.717, 1.165) is 12.0 Å². The second-order valence-electron chi connectivity index (χ2n) is 7.12. The number of aliphatic hydroxyl groups excluding tert-OH is 1. The van der Waals surface area contributed by atoms with Gasteiger partial charge in [0.15, 0.2) is 6.79 Å². The highest BCUT2D eigenvalue weighted by Gasteiger charge is 2.27. The van der Waals surface area contributed by atoms with Gasteiger partial charge in [-0.15, -0.1) is 0 Å². The van der Waals surface area contributed by atoms with Crippen molar-refractivity contribution in [1.82, 2.24) is 0 Å². The van der Waals surface area contributed by atoms with Gasteiger partial charge in [-0.2, -0.15) is 0 Å². The Hall–Kier alpha value is -1.93. The second kappa shape index (κ2) is 12.6. The van der Waals surface area contributed by atoms with Gasteiger partial charge in [-0.3, -0.25) is 0 Å². The van der Waals surface area contributed by atoms with Gasteiger partial charge in [-0.25, -0.2) is 4.79 Å². The molecule has 0 fully saturated rings. The molecule has 0 unspecified atom stereocenters. The van der Waals surface area contributed by atoms with Gasteiger partial charge in [0.2, 0.25) is 0 Å². The first-order chi connectivity index (χ1) is 14.1. The molecule has 0 radical (unpaired) electrons. The highest BCUT2D eigenvalue weighted by atomic mass is 16.7. The number of methoxy groups -OCH3 is 2. The molecule has 1 aromatic rings. The molecule has 1 aliphatic heterocycles. The molecule has 0 spiro atoms. The van der Waals surface area contributed by atoms with Crippen LogP contribution in [0.25, 0.3) is 0 Å². The molecule has 1 N–H and O–H groups in total. The van der Waals surface area contributed by atoms with E-state index >= 15 is 0 Å². The summed E-state index contributed by atoms with van der Waals surface area (Å²) in [7, 11) is 3.10. The summed E-state index contributed by atoms with van der Waals surface area (Å²) in [6, 6.07) is 5.46. The highest BCUT2D eigenvalue weighted by molar-refractivity contribution is 5.94. The quantitative estimate of drug-likeness (QED) is 0.402. The molecule has 0 amide bonds. The number of cyclic esters (lactones) is 1. The molecule has 7 heteroatoms. The summed E-state index contributed by atoms with van der Waals surface area (Å²) in [4.78, 5) is 13.1. The summed E-state index contributed by atoms with van der Waals surface area (Å²) in [5.41, 5.74) is 1.21. The number of carbonyl (C=O) groups excluding carboxylic acids is 1. The maximum atomic E-state index is 13.1. The average molecular weight is 408 g/mol. The number of esters is 1. The Labute approximate surface area is 172 Å². The fourth-order valence-corrected chi connectivity index (χ4v) is 3.35. The Morgan fingerprint density at radius 1 is 1.17 bits per heavy atom. The van der Waals surface area contributed by atoms with Crippen LogP contribution in [-0.4, -0.2) is 57.7 Å². The maximum Gasteiger partial charge on any atom is 0.342 e. The fourth-order valence-electron chi connectivity index (χ4n) is 3.35.